The first-order valence-corrected chi connectivity index (χ1v) is 10.2. The van der Waals surface area contributed by atoms with Crippen molar-refractivity contribution in [2.75, 3.05) is 59.4 Å². The van der Waals surface area contributed by atoms with Crippen molar-refractivity contribution in [2.24, 2.45) is 10.9 Å². The van der Waals surface area contributed by atoms with E-state index in [4.69, 9.17) is 4.42 Å². The number of nitrogens with zero attached hydrogens (tertiary/aromatic N) is 4. The number of aliphatic imine (C=N–C) groups is 1. The summed E-state index contributed by atoms with van der Waals surface area (Å²) in [6.45, 7) is 9.87. The second-order valence-electron chi connectivity index (χ2n) is 7.61. The highest BCUT2D eigenvalue weighted by Crippen LogP contribution is 2.15. The second-order valence-corrected chi connectivity index (χ2v) is 7.61. The van der Waals surface area contributed by atoms with Gasteiger partial charge >= 0.3 is 0 Å². The lowest BCUT2D eigenvalue weighted by atomic mass is 9.99. The van der Waals surface area contributed by atoms with Crippen LogP contribution in [0.4, 0.5) is 0 Å². The van der Waals surface area contributed by atoms with Gasteiger partial charge in [-0.25, -0.2) is 0 Å². The van der Waals surface area contributed by atoms with Crippen LogP contribution in [0, 0.1) is 5.92 Å². The van der Waals surface area contributed by atoms with Gasteiger partial charge in [-0.15, -0.1) is 0 Å². The van der Waals surface area contributed by atoms with E-state index in [0.29, 0.717) is 18.8 Å². The molecular weight excluding hydrogens is 342 g/mol. The van der Waals surface area contributed by atoms with Crippen molar-refractivity contribution in [1.82, 2.24) is 20.0 Å². The SMILES string of the molecule is CN=C(NCCCN1CCC(C)CC1)N1CCN(C(=O)c2ccco2)CC1. The van der Waals surface area contributed by atoms with Gasteiger partial charge in [-0.05, 0) is 56.9 Å². The summed E-state index contributed by atoms with van der Waals surface area (Å²) in [5.74, 6) is 2.21. The molecule has 2 saturated heterocycles. The van der Waals surface area contributed by atoms with E-state index in [1.807, 2.05) is 11.9 Å². The van der Waals surface area contributed by atoms with Crippen molar-refractivity contribution < 1.29 is 9.21 Å². The van der Waals surface area contributed by atoms with Gasteiger partial charge in [-0.1, -0.05) is 6.92 Å². The van der Waals surface area contributed by atoms with Crippen LogP contribution in [0.25, 0.3) is 0 Å². The summed E-state index contributed by atoms with van der Waals surface area (Å²) in [6.07, 6.45) is 5.33. The highest BCUT2D eigenvalue weighted by molar-refractivity contribution is 5.91. The first-order valence-electron chi connectivity index (χ1n) is 10.2. The van der Waals surface area contributed by atoms with E-state index in [-0.39, 0.29) is 5.91 Å². The maximum atomic E-state index is 12.4. The lowest BCUT2D eigenvalue weighted by molar-refractivity contribution is 0.0657. The molecule has 1 aromatic heterocycles. The van der Waals surface area contributed by atoms with Crippen LogP contribution in [0.3, 0.4) is 0 Å². The molecular formula is C20H33N5O2. The number of amides is 1. The van der Waals surface area contributed by atoms with E-state index < -0.39 is 0 Å². The summed E-state index contributed by atoms with van der Waals surface area (Å²) in [6, 6.07) is 3.47. The Balaban J connectivity index is 1.36. The second kappa shape index (κ2) is 9.78. The van der Waals surface area contributed by atoms with Crippen LogP contribution >= 0.6 is 0 Å². The molecule has 2 fully saturated rings. The van der Waals surface area contributed by atoms with Gasteiger partial charge in [0.05, 0.1) is 6.26 Å². The molecule has 1 amide bonds. The number of hydrogen-bond acceptors (Lipinski definition) is 4. The van der Waals surface area contributed by atoms with Gasteiger partial charge in [0.1, 0.15) is 0 Å². The van der Waals surface area contributed by atoms with Crippen molar-refractivity contribution in [3.05, 3.63) is 24.2 Å². The maximum Gasteiger partial charge on any atom is 0.289 e. The Bertz CT molecular complexity index is 600. The molecule has 7 heteroatoms. The minimum absolute atomic E-state index is 0.0292. The predicted octanol–water partition coefficient (Wildman–Crippen LogP) is 1.73. The van der Waals surface area contributed by atoms with Gasteiger partial charge < -0.3 is 24.4 Å². The van der Waals surface area contributed by atoms with Crippen LogP contribution in [-0.4, -0.2) is 86.0 Å². The molecule has 2 aliphatic heterocycles. The summed E-state index contributed by atoms with van der Waals surface area (Å²) >= 11 is 0. The molecule has 0 spiro atoms. The van der Waals surface area contributed by atoms with Gasteiger partial charge in [-0.2, -0.15) is 0 Å². The molecule has 0 unspecified atom stereocenters. The minimum Gasteiger partial charge on any atom is -0.459 e. The molecule has 0 bridgehead atoms. The van der Waals surface area contributed by atoms with Crippen LogP contribution < -0.4 is 5.32 Å². The van der Waals surface area contributed by atoms with Crippen LogP contribution in [0.2, 0.25) is 0 Å². The smallest absolute Gasteiger partial charge is 0.289 e. The normalized spacial score (nSPS) is 20.1. The highest BCUT2D eigenvalue weighted by Gasteiger charge is 2.25. The van der Waals surface area contributed by atoms with Gasteiger partial charge in [0, 0.05) is 39.8 Å². The number of carbonyl (C=O) groups excluding carboxylic acids is 1. The molecule has 3 heterocycles. The summed E-state index contributed by atoms with van der Waals surface area (Å²) in [5.41, 5.74) is 0. The molecule has 1 N–H and O–H groups in total. The molecule has 150 valence electrons. The summed E-state index contributed by atoms with van der Waals surface area (Å²) in [4.78, 5) is 23.4. The predicted molar refractivity (Wildman–Crippen MR) is 107 cm³/mol. The first kappa shape index (κ1) is 19.7. The lowest BCUT2D eigenvalue weighted by Gasteiger charge is -2.36. The first-order chi connectivity index (χ1) is 13.2. The molecule has 0 aromatic carbocycles. The van der Waals surface area contributed by atoms with E-state index in [1.54, 1.807) is 18.4 Å². The number of rotatable bonds is 5. The average Bonchev–Trinajstić information content (AvgIpc) is 3.24. The van der Waals surface area contributed by atoms with Gasteiger partial charge in [0.2, 0.25) is 0 Å². The number of nitrogens with one attached hydrogen (secondary N) is 1. The van der Waals surface area contributed by atoms with Crippen molar-refractivity contribution in [3.63, 3.8) is 0 Å². The third-order valence-corrected chi connectivity index (χ3v) is 5.62. The molecule has 0 atom stereocenters. The van der Waals surface area contributed by atoms with Crippen LogP contribution in [0.15, 0.2) is 27.8 Å². The molecule has 0 aliphatic carbocycles. The topological polar surface area (TPSA) is 64.3 Å². The Hall–Kier alpha value is -2.02. The van der Waals surface area contributed by atoms with E-state index >= 15 is 0 Å². The van der Waals surface area contributed by atoms with Gasteiger partial charge in [0.25, 0.3) is 5.91 Å². The van der Waals surface area contributed by atoms with Gasteiger partial charge in [-0.3, -0.25) is 9.79 Å². The fourth-order valence-electron chi connectivity index (χ4n) is 3.80. The van der Waals surface area contributed by atoms with Crippen molar-refractivity contribution in [3.8, 4) is 0 Å². The van der Waals surface area contributed by atoms with Crippen molar-refractivity contribution >= 4 is 11.9 Å². The monoisotopic (exact) mass is 375 g/mol. The number of guanidine groups is 1. The average molecular weight is 376 g/mol. The van der Waals surface area contributed by atoms with Gasteiger partial charge in [0.15, 0.2) is 11.7 Å². The minimum atomic E-state index is -0.0292. The highest BCUT2D eigenvalue weighted by atomic mass is 16.3. The number of piperazine rings is 1. The molecule has 0 radical (unpaired) electrons. The Labute approximate surface area is 162 Å². The molecule has 27 heavy (non-hydrogen) atoms. The van der Waals surface area contributed by atoms with Crippen LogP contribution in [0.1, 0.15) is 36.7 Å². The zero-order valence-corrected chi connectivity index (χ0v) is 16.7. The fraction of sp³-hybridized carbons (Fsp3) is 0.700. The summed E-state index contributed by atoms with van der Waals surface area (Å²) < 4.78 is 5.22. The number of furan rings is 1. The third-order valence-electron chi connectivity index (χ3n) is 5.62. The van der Waals surface area contributed by atoms with Crippen LogP contribution in [0.5, 0.6) is 0 Å². The Morgan fingerprint density at radius 3 is 2.52 bits per heavy atom. The largest absolute Gasteiger partial charge is 0.459 e. The number of carbonyl (C=O) groups is 1. The third kappa shape index (κ3) is 5.48. The molecule has 3 rings (SSSR count). The van der Waals surface area contributed by atoms with Crippen LogP contribution in [-0.2, 0) is 0 Å². The molecule has 7 nitrogen and oxygen atoms in total. The number of likely N-dealkylation sites (tertiary alicyclic amines) is 1. The molecule has 0 saturated carbocycles. The zero-order chi connectivity index (χ0) is 19.1. The van der Waals surface area contributed by atoms with E-state index in [0.717, 1.165) is 44.5 Å². The molecule has 2 aliphatic rings. The van der Waals surface area contributed by atoms with Crippen molar-refractivity contribution in [1.29, 1.82) is 0 Å². The Morgan fingerprint density at radius 1 is 1.19 bits per heavy atom. The van der Waals surface area contributed by atoms with E-state index in [9.17, 15) is 4.79 Å². The molecule has 1 aromatic rings. The standard InChI is InChI=1S/C20H33N5O2/c1-17-6-10-23(11-7-17)9-4-8-22-20(21-2)25-14-12-24(13-15-25)19(26)18-5-3-16-27-18/h3,5,16-17H,4,6-15H2,1-2H3,(H,21,22). The Kier molecular flexibility index (Phi) is 7.15. The number of piperidine rings is 1. The summed E-state index contributed by atoms with van der Waals surface area (Å²) in [5, 5.41) is 3.49. The fourth-order valence-corrected chi connectivity index (χ4v) is 3.80. The van der Waals surface area contributed by atoms with Crippen molar-refractivity contribution in [2.45, 2.75) is 26.2 Å². The quantitative estimate of drug-likeness (QED) is 0.482. The maximum absolute atomic E-state index is 12.4. The number of hydrogen-bond donors (Lipinski definition) is 1. The Morgan fingerprint density at radius 2 is 1.89 bits per heavy atom. The van der Waals surface area contributed by atoms with E-state index in [2.05, 4.69) is 27.0 Å². The zero-order valence-electron chi connectivity index (χ0n) is 16.7. The van der Waals surface area contributed by atoms with E-state index in [1.165, 1.54) is 25.9 Å². The summed E-state index contributed by atoms with van der Waals surface area (Å²) in [7, 11) is 1.83. The lowest BCUT2D eigenvalue weighted by Crippen LogP contribution is -2.54.